The summed E-state index contributed by atoms with van der Waals surface area (Å²) in [6.07, 6.45) is 4.09. The van der Waals surface area contributed by atoms with Crippen LogP contribution in [-0.2, 0) is 0 Å². The van der Waals surface area contributed by atoms with E-state index in [2.05, 4.69) is 20.4 Å². The molecule has 0 aliphatic carbocycles. The summed E-state index contributed by atoms with van der Waals surface area (Å²) in [4.78, 5) is 26.8. The van der Waals surface area contributed by atoms with Gasteiger partial charge in [-0.1, -0.05) is 0 Å². The third kappa shape index (κ3) is 3.21. The van der Waals surface area contributed by atoms with Crippen molar-refractivity contribution in [2.45, 2.75) is 32.6 Å². The number of piperidine rings is 1. The number of nitrogens with one attached hydrogen (secondary N) is 2. The highest BCUT2D eigenvalue weighted by Crippen LogP contribution is 2.33. The minimum Gasteiger partial charge on any atom is -1.00 e. The lowest BCUT2D eigenvalue weighted by atomic mass is 9.96. The average Bonchev–Trinajstić information content (AvgIpc) is 3.26. The van der Waals surface area contributed by atoms with Gasteiger partial charge >= 0.3 is 1.43 Å². The van der Waals surface area contributed by atoms with Crippen molar-refractivity contribution in [1.29, 1.82) is 0 Å². The maximum Gasteiger partial charge on any atom is 1.00 e. The summed E-state index contributed by atoms with van der Waals surface area (Å²) in [6.45, 7) is 5.99. The standard InChI is InChI=1S/C19H20N6OS.ClH/c1-10-7-14(24-25-9-11(2)21-17(10)25)16-22-18(26)13-8-15(27-19(13)23-16)12-3-5-20-6-4-12;/h7-9,12,20H,3-6H2,1-2H3,(H,22,23,26);1H. The summed E-state index contributed by atoms with van der Waals surface area (Å²) in [7, 11) is 0. The zero-order chi connectivity index (χ0) is 18.5. The normalized spacial score (nSPS) is 15.2. The van der Waals surface area contributed by atoms with Gasteiger partial charge in [-0.3, -0.25) is 4.79 Å². The van der Waals surface area contributed by atoms with Gasteiger partial charge in [-0.2, -0.15) is 5.10 Å². The number of fused-ring (bicyclic) bond motifs is 2. The van der Waals surface area contributed by atoms with E-state index in [1.54, 1.807) is 15.9 Å². The molecule has 0 radical (unpaired) electrons. The van der Waals surface area contributed by atoms with Crippen molar-refractivity contribution >= 4 is 27.2 Å². The van der Waals surface area contributed by atoms with Gasteiger partial charge in [-0.15, -0.1) is 11.3 Å². The molecule has 2 N–H and O–H groups in total. The van der Waals surface area contributed by atoms with Crippen molar-refractivity contribution < 1.29 is 13.8 Å². The number of H-pyrrole nitrogens is 1. The van der Waals surface area contributed by atoms with Crippen molar-refractivity contribution in [2.24, 2.45) is 0 Å². The molecular weight excluding hydrogens is 396 g/mol. The molecule has 5 rings (SSSR count). The number of aryl methyl sites for hydroxylation is 2. The second kappa shape index (κ2) is 7.27. The van der Waals surface area contributed by atoms with E-state index in [0.717, 1.165) is 47.7 Å². The Labute approximate surface area is 173 Å². The SMILES string of the molecule is Cc1cn2nc(-c3nc4sc(C5CCNCC5)cc4c(=O)[nH]3)cc(C)c2n1.[Cl-].[H+]. The lowest BCUT2D eigenvalue weighted by molar-refractivity contribution is -0.00000583. The molecule has 1 aliphatic rings. The number of aromatic nitrogens is 5. The molecule has 1 saturated heterocycles. The zero-order valence-electron chi connectivity index (χ0n) is 16.6. The van der Waals surface area contributed by atoms with E-state index < -0.39 is 0 Å². The fourth-order valence-electron chi connectivity index (χ4n) is 3.74. The van der Waals surface area contributed by atoms with Crippen molar-refractivity contribution in [3.05, 3.63) is 44.8 Å². The van der Waals surface area contributed by atoms with E-state index in [-0.39, 0.29) is 19.4 Å². The summed E-state index contributed by atoms with van der Waals surface area (Å²) < 4.78 is 1.75. The number of imidazole rings is 1. The molecule has 4 aromatic heterocycles. The van der Waals surface area contributed by atoms with Gasteiger partial charge in [-0.25, -0.2) is 14.5 Å². The van der Waals surface area contributed by atoms with Crippen LogP contribution in [0.15, 0.2) is 23.1 Å². The minimum absolute atomic E-state index is 0. The van der Waals surface area contributed by atoms with E-state index in [0.29, 0.717) is 22.8 Å². The first-order chi connectivity index (χ1) is 13.1. The molecule has 0 bridgehead atoms. The molecule has 0 atom stereocenters. The van der Waals surface area contributed by atoms with E-state index in [4.69, 9.17) is 4.98 Å². The fraction of sp³-hybridized carbons (Fsp3) is 0.368. The average molecular weight is 417 g/mol. The largest absolute Gasteiger partial charge is 1.00 e. The van der Waals surface area contributed by atoms with Crippen LogP contribution in [0.4, 0.5) is 0 Å². The first-order valence-electron chi connectivity index (χ1n) is 9.17. The van der Waals surface area contributed by atoms with Gasteiger partial charge in [0.2, 0.25) is 0 Å². The van der Waals surface area contributed by atoms with Gasteiger partial charge in [0.25, 0.3) is 5.56 Å². The first-order valence-corrected chi connectivity index (χ1v) is 9.98. The van der Waals surface area contributed by atoms with Crippen LogP contribution in [0.2, 0.25) is 0 Å². The zero-order valence-corrected chi connectivity index (χ0v) is 17.2. The highest BCUT2D eigenvalue weighted by atomic mass is 35.5. The third-order valence-corrected chi connectivity index (χ3v) is 6.33. The van der Waals surface area contributed by atoms with Crippen molar-refractivity contribution in [1.82, 2.24) is 29.9 Å². The van der Waals surface area contributed by atoms with E-state index in [9.17, 15) is 4.79 Å². The maximum atomic E-state index is 12.7. The fourth-order valence-corrected chi connectivity index (χ4v) is 4.94. The molecular formula is C19H21ClN6OS. The van der Waals surface area contributed by atoms with Gasteiger partial charge in [0.1, 0.15) is 10.5 Å². The molecule has 4 aromatic rings. The molecule has 146 valence electrons. The predicted octanol–water partition coefficient (Wildman–Crippen LogP) is -0.105. The van der Waals surface area contributed by atoms with Crippen LogP contribution < -0.4 is 23.3 Å². The van der Waals surface area contributed by atoms with Gasteiger partial charge < -0.3 is 22.7 Å². The smallest absolute Gasteiger partial charge is 1.00 e. The number of hydrogen-bond donors (Lipinski definition) is 2. The monoisotopic (exact) mass is 416 g/mol. The second-order valence-electron chi connectivity index (χ2n) is 7.17. The molecule has 28 heavy (non-hydrogen) atoms. The number of halogens is 1. The van der Waals surface area contributed by atoms with Gasteiger partial charge in [0.15, 0.2) is 11.5 Å². The Kier molecular flexibility index (Phi) is 4.95. The molecule has 0 spiro atoms. The highest BCUT2D eigenvalue weighted by molar-refractivity contribution is 7.18. The second-order valence-corrected chi connectivity index (χ2v) is 8.23. The van der Waals surface area contributed by atoms with Crippen LogP contribution in [0.3, 0.4) is 0 Å². The minimum atomic E-state index is -0.104. The van der Waals surface area contributed by atoms with Crippen LogP contribution in [0.5, 0.6) is 0 Å². The lowest BCUT2D eigenvalue weighted by Crippen LogP contribution is -3.00. The van der Waals surface area contributed by atoms with Gasteiger partial charge in [0, 0.05) is 4.88 Å². The molecule has 9 heteroatoms. The highest BCUT2D eigenvalue weighted by Gasteiger charge is 2.20. The molecule has 5 heterocycles. The van der Waals surface area contributed by atoms with Crippen LogP contribution in [0.1, 0.15) is 36.3 Å². The Hall–Kier alpha value is -2.29. The quantitative estimate of drug-likeness (QED) is 0.476. The summed E-state index contributed by atoms with van der Waals surface area (Å²) in [6, 6.07) is 3.94. The Morgan fingerprint density at radius 1 is 1.21 bits per heavy atom. The van der Waals surface area contributed by atoms with Crippen molar-refractivity contribution in [3.63, 3.8) is 0 Å². The molecule has 1 aliphatic heterocycles. The van der Waals surface area contributed by atoms with Crippen LogP contribution in [-0.4, -0.2) is 37.7 Å². The lowest BCUT2D eigenvalue weighted by Gasteiger charge is -2.21. The number of rotatable bonds is 2. The van der Waals surface area contributed by atoms with Crippen molar-refractivity contribution in [3.8, 4) is 11.5 Å². The van der Waals surface area contributed by atoms with Crippen LogP contribution in [0.25, 0.3) is 27.4 Å². The predicted molar refractivity (Wildman–Crippen MR) is 108 cm³/mol. The molecule has 7 nitrogen and oxygen atoms in total. The Morgan fingerprint density at radius 3 is 2.79 bits per heavy atom. The van der Waals surface area contributed by atoms with E-state index in [1.807, 2.05) is 32.2 Å². The summed E-state index contributed by atoms with van der Waals surface area (Å²) in [5.41, 5.74) is 3.27. The van der Waals surface area contributed by atoms with Crippen LogP contribution in [0, 0.1) is 13.8 Å². The van der Waals surface area contributed by atoms with E-state index >= 15 is 0 Å². The molecule has 0 aromatic carbocycles. The third-order valence-electron chi connectivity index (χ3n) is 5.14. The molecule has 0 amide bonds. The molecule has 0 unspecified atom stereocenters. The number of hydrogen-bond acceptors (Lipinski definition) is 6. The number of nitrogens with zero attached hydrogens (tertiary/aromatic N) is 4. The molecule has 1 fully saturated rings. The summed E-state index contributed by atoms with van der Waals surface area (Å²) in [5, 5.41) is 8.65. The number of thiophene rings is 1. The Morgan fingerprint density at radius 2 is 2.00 bits per heavy atom. The van der Waals surface area contributed by atoms with Gasteiger partial charge in [0.05, 0.1) is 17.3 Å². The molecule has 0 saturated carbocycles. The van der Waals surface area contributed by atoms with Crippen LogP contribution >= 0.6 is 11.3 Å². The van der Waals surface area contributed by atoms with Gasteiger partial charge in [-0.05, 0) is 63.4 Å². The number of aromatic amines is 1. The van der Waals surface area contributed by atoms with Crippen molar-refractivity contribution in [2.75, 3.05) is 13.1 Å². The summed E-state index contributed by atoms with van der Waals surface area (Å²) in [5.74, 6) is 1.02. The Bertz CT molecular complexity index is 1230. The maximum absolute atomic E-state index is 12.7. The first kappa shape index (κ1) is 19.0. The summed E-state index contributed by atoms with van der Waals surface area (Å²) >= 11 is 1.63. The Balaban J connectivity index is 0.00000120. The van der Waals surface area contributed by atoms with E-state index in [1.165, 1.54) is 4.88 Å². The topological polar surface area (TPSA) is 88.0 Å².